The smallest absolute Gasteiger partial charge is 0.311 e. The van der Waals surface area contributed by atoms with Gasteiger partial charge in [-0.15, -0.1) is 0 Å². The first-order valence-electron chi connectivity index (χ1n) is 12.0. The van der Waals surface area contributed by atoms with Crippen molar-refractivity contribution in [2.24, 2.45) is 5.41 Å². The lowest BCUT2D eigenvalue weighted by molar-refractivity contribution is -0.155. The second-order valence-electron chi connectivity index (χ2n) is 9.67. The molecule has 0 unspecified atom stereocenters. The molecule has 1 N–H and O–H groups in total. The van der Waals surface area contributed by atoms with E-state index in [1.54, 1.807) is 0 Å². The Balaban J connectivity index is 1.28. The van der Waals surface area contributed by atoms with Gasteiger partial charge in [-0.1, -0.05) is 19.3 Å². The van der Waals surface area contributed by atoms with Crippen molar-refractivity contribution >= 4 is 17.3 Å². The summed E-state index contributed by atoms with van der Waals surface area (Å²) in [5.41, 5.74) is 2.18. The van der Waals surface area contributed by atoms with Crippen molar-refractivity contribution in [2.75, 3.05) is 43.5 Å². The molecule has 2 atom stereocenters. The Morgan fingerprint density at radius 1 is 1.10 bits per heavy atom. The molecule has 4 rings (SSSR count). The normalized spacial score (nSPS) is 26.7. The molecule has 3 fully saturated rings. The third-order valence-corrected chi connectivity index (χ3v) is 7.83. The van der Waals surface area contributed by atoms with Gasteiger partial charge < -0.3 is 15.0 Å². The Morgan fingerprint density at radius 2 is 1.87 bits per heavy atom. The molecule has 1 aromatic carbocycles. The second kappa shape index (κ2) is 9.59. The quantitative estimate of drug-likeness (QED) is 0.658. The number of carbonyl (C=O) groups excluding carboxylic acids is 1. The molecule has 0 radical (unpaired) electrons. The minimum absolute atomic E-state index is 0.0183. The number of ether oxygens (including phenoxy) is 1. The van der Waals surface area contributed by atoms with Crippen LogP contribution in [0.1, 0.15) is 64.7 Å². The van der Waals surface area contributed by atoms with Crippen LogP contribution in [0.15, 0.2) is 24.3 Å². The number of anilines is 2. The topological polar surface area (TPSA) is 44.8 Å². The van der Waals surface area contributed by atoms with Gasteiger partial charge in [-0.3, -0.25) is 9.69 Å². The van der Waals surface area contributed by atoms with E-state index >= 15 is 0 Å². The third-order valence-electron chi connectivity index (χ3n) is 7.83. The average molecular weight is 414 g/mol. The molecule has 0 aromatic heterocycles. The van der Waals surface area contributed by atoms with Crippen LogP contribution in [0.5, 0.6) is 0 Å². The van der Waals surface area contributed by atoms with Crippen molar-refractivity contribution in [3.05, 3.63) is 24.3 Å². The van der Waals surface area contributed by atoms with Crippen molar-refractivity contribution in [1.29, 1.82) is 0 Å². The Bertz CT molecular complexity index is 699. The minimum Gasteiger partial charge on any atom is -0.469 e. The number of rotatable bonds is 7. The SMILES string of the molecule is COC(=O)C1(CCNc2ccc(N3CC[C@H](N4CCC[C@@H]4C)C3)cc2)CCCCC1. The highest BCUT2D eigenvalue weighted by Crippen LogP contribution is 2.40. The second-order valence-corrected chi connectivity index (χ2v) is 9.67. The monoisotopic (exact) mass is 413 g/mol. The van der Waals surface area contributed by atoms with Crippen LogP contribution in [-0.4, -0.2) is 56.2 Å². The highest BCUT2D eigenvalue weighted by molar-refractivity contribution is 5.76. The van der Waals surface area contributed by atoms with Crippen LogP contribution in [0, 0.1) is 5.41 Å². The molecule has 2 heterocycles. The van der Waals surface area contributed by atoms with E-state index in [9.17, 15) is 4.79 Å². The van der Waals surface area contributed by atoms with Gasteiger partial charge in [0.05, 0.1) is 12.5 Å². The first kappa shape index (κ1) is 21.5. The summed E-state index contributed by atoms with van der Waals surface area (Å²) < 4.78 is 5.14. The lowest BCUT2D eigenvalue weighted by atomic mass is 9.72. The zero-order valence-electron chi connectivity index (χ0n) is 18.9. The highest BCUT2D eigenvalue weighted by atomic mass is 16.5. The minimum atomic E-state index is -0.281. The van der Waals surface area contributed by atoms with Gasteiger partial charge in [-0.25, -0.2) is 0 Å². The third kappa shape index (κ3) is 4.61. The van der Waals surface area contributed by atoms with Crippen molar-refractivity contribution < 1.29 is 9.53 Å². The van der Waals surface area contributed by atoms with E-state index in [4.69, 9.17) is 4.74 Å². The number of nitrogens with zero attached hydrogens (tertiary/aromatic N) is 2. The number of carbonyl (C=O) groups is 1. The fourth-order valence-corrected chi connectivity index (χ4v) is 5.98. The van der Waals surface area contributed by atoms with Gasteiger partial charge >= 0.3 is 5.97 Å². The van der Waals surface area contributed by atoms with Crippen molar-refractivity contribution in [2.45, 2.75) is 76.8 Å². The summed E-state index contributed by atoms with van der Waals surface area (Å²) >= 11 is 0. The number of likely N-dealkylation sites (tertiary alicyclic amines) is 1. The molecule has 0 bridgehead atoms. The van der Waals surface area contributed by atoms with E-state index in [0.29, 0.717) is 6.04 Å². The Labute approximate surface area is 182 Å². The van der Waals surface area contributed by atoms with Crippen LogP contribution in [0.2, 0.25) is 0 Å². The maximum atomic E-state index is 12.4. The molecule has 2 aliphatic heterocycles. The van der Waals surface area contributed by atoms with Crippen molar-refractivity contribution in [1.82, 2.24) is 4.90 Å². The molecule has 0 amide bonds. The summed E-state index contributed by atoms with van der Waals surface area (Å²) in [6.45, 7) is 6.78. The first-order valence-corrected chi connectivity index (χ1v) is 12.0. The van der Waals surface area contributed by atoms with Crippen LogP contribution in [0.25, 0.3) is 0 Å². The van der Waals surface area contributed by atoms with Gasteiger partial charge in [0.2, 0.25) is 0 Å². The number of hydrogen-bond donors (Lipinski definition) is 1. The van der Waals surface area contributed by atoms with Crippen molar-refractivity contribution in [3.8, 4) is 0 Å². The number of hydrogen-bond acceptors (Lipinski definition) is 5. The number of benzene rings is 1. The summed E-state index contributed by atoms with van der Waals surface area (Å²) in [5.74, 6) is -0.0183. The van der Waals surface area contributed by atoms with Gasteiger partial charge in [0.25, 0.3) is 0 Å². The van der Waals surface area contributed by atoms with E-state index in [2.05, 4.69) is 46.3 Å². The van der Waals surface area contributed by atoms with E-state index in [1.807, 2.05) is 0 Å². The summed E-state index contributed by atoms with van der Waals surface area (Å²) in [6.07, 6.45) is 10.3. The van der Waals surface area contributed by atoms with Gasteiger partial charge in [-0.2, -0.15) is 0 Å². The van der Waals surface area contributed by atoms with Crippen LogP contribution in [0.4, 0.5) is 11.4 Å². The first-order chi connectivity index (χ1) is 14.6. The Kier molecular flexibility index (Phi) is 6.87. The van der Waals surface area contributed by atoms with E-state index in [-0.39, 0.29) is 11.4 Å². The number of methoxy groups -OCH3 is 1. The Morgan fingerprint density at radius 3 is 2.53 bits per heavy atom. The van der Waals surface area contributed by atoms with Gasteiger partial charge in [0, 0.05) is 43.1 Å². The Hall–Kier alpha value is -1.75. The largest absolute Gasteiger partial charge is 0.469 e. The summed E-state index contributed by atoms with van der Waals surface area (Å²) in [5, 5.41) is 3.54. The molecule has 5 heteroatoms. The van der Waals surface area contributed by atoms with Crippen molar-refractivity contribution in [3.63, 3.8) is 0 Å². The number of nitrogens with one attached hydrogen (secondary N) is 1. The van der Waals surface area contributed by atoms with E-state index in [0.717, 1.165) is 63.5 Å². The maximum absolute atomic E-state index is 12.4. The van der Waals surface area contributed by atoms with Gasteiger partial charge in [0.15, 0.2) is 0 Å². The molecule has 1 aliphatic carbocycles. The fourth-order valence-electron chi connectivity index (χ4n) is 5.98. The summed E-state index contributed by atoms with van der Waals surface area (Å²) in [7, 11) is 1.53. The molecule has 5 nitrogen and oxygen atoms in total. The average Bonchev–Trinajstić information content (AvgIpc) is 3.43. The molecule has 2 saturated heterocycles. The lowest BCUT2D eigenvalue weighted by Gasteiger charge is -2.34. The highest BCUT2D eigenvalue weighted by Gasteiger charge is 2.40. The molecule has 166 valence electrons. The molecular weight excluding hydrogens is 374 g/mol. The van der Waals surface area contributed by atoms with Gasteiger partial charge in [-0.05, 0) is 76.3 Å². The van der Waals surface area contributed by atoms with Crippen LogP contribution >= 0.6 is 0 Å². The van der Waals surface area contributed by atoms with E-state index < -0.39 is 0 Å². The predicted molar refractivity (Wildman–Crippen MR) is 123 cm³/mol. The zero-order valence-corrected chi connectivity index (χ0v) is 18.9. The predicted octanol–water partition coefficient (Wildman–Crippen LogP) is 4.68. The van der Waals surface area contributed by atoms with Crippen LogP contribution < -0.4 is 10.2 Å². The molecule has 30 heavy (non-hydrogen) atoms. The number of esters is 1. The van der Waals surface area contributed by atoms with Crippen LogP contribution in [-0.2, 0) is 9.53 Å². The van der Waals surface area contributed by atoms with E-state index in [1.165, 1.54) is 45.0 Å². The summed E-state index contributed by atoms with van der Waals surface area (Å²) in [4.78, 5) is 17.7. The molecular formula is C25H39N3O2. The van der Waals surface area contributed by atoms with Gasteiger partial charge in [0.1, 0.15) is 0 Å². The lowest BCUT2D eigenvalue weighted by Crippen LogP contribution is -2.39. The van der Waals surface area contributed by atoms with Crippen LogP contribution in [0.3, 0.4) is 0 Å². The molecule has 1 saturated carbocycles. The molecule has 3 aliphatic rings. The zero-order chi connectivity index (χ0) is 21.0. The standard InChI is InChI=1S/C25H39N3O2/c1-20-7-6-17-28(20)23-12-18-27(19-23)22-10-8-21(9-11-22)26-16-15-25(24(29)30-2)13-4-3-5-14-25/h8-11,20,23,26H,3-7,12-19H2,1-2H3/t20-,23-/m0/s1. The molecule has 0 spiro atoms. The maximum Gasteiger partial charge on any atom is 0.311 e. The molecule has 1 aromatic rings. The summed E-state index contributed by atoms with van der Waals surface area (Å²) in [6, 6.07) is 10.3. The fraction of sp³-hybridized carbons (Fsp3) is 0.720.